The van der Waals surface area contributed by atoms with Crippen LogP contribution in [-0.2, 0) is 0 Å². The molecule has 2 N–H and O–H groups in total. The van der Waals surface area contributed by atoms with Gasteiger partial charge in [0.15, 0.2) is 5.76 Å². The zero-order valence-electron chi connectivity index (χ0n) is 15.6. The second kappa shape index (κ2) is 8.79. The highest BCUT2D eigenvalue weighted by Crippen LogP contribution is 2.28. The van der Waals surface area contributed by atoms with Crippen molar-refractivity contribution in [3.05, 3.63) is 84.8 Å². The number of amides is 1. The second-order valence-electron chi connectivity index (χ2n) is 6.20. The van der Waals surface area contributed by atoms with Crippen molar-refractivity contribution in [1.29, 1.82) is 0 Å². The first-order valence-corrected chi connectivity index (χ1v) is 9.21. The summed E-state index contributed by atoms with van der Waals surface area (Å²) in [4.78, 5) is 25.2. The Bertz CT molecular complexity index is 1080. The molecule has 29 heavy (non-hydrogen) atoms. The Hall–Kier alpha value is -4.00. The summed E-state index contributed by atoms with van der Waals surface area (Å²) in [5.41, 5.74) is 2.08. The third-order valence-corrected chi connectivity index (χ3v) is 4.23. The quantitative estimate of drug-likeness (QED) is 0.472. The first-order chi connectivity index (χ1) is 14.3. The molecule has 0 saturated carbocycles. The van der Waals surface area contributed by atoms with Crippen molar-refractivity contribution in [1.82, 2.24) is 20.3 Å². The first kappa shape index (κ1) is 18.4. The number of oxazole rings is 1. The van der Waals surface area contributed by atoms with E-state index in [0.717, 1.165) is 5.56 Å². The Kier molecular flexibility index (Phi) is 5.57. The molecule has 4 aromatic rings. The van der Waals surface area contributed by atoms with Crippen molar-refractivity contribution in [2.75, 3.05) is 18.4 Å². The van der Waals surface area contributed by atoms with E-state index in [0.29, 0.717) is 41.8 Å². The van der Waals surface area contributed by atoms with Crippen LogP contribution in [0.3, 0.4) is 0 Å². The number of nitrogens with one attached hydrogen (secondary N) is 2. The molecule has 0 aliphatic heterocycles. The van der Waals surface area contributed by atoms with E-state index in [4.69, 9.17) is 4.42 Å². The van der Waals surface area contributed by atoms with Gasteiger partial charge in [0.2, 0.25) is 11.8 Å². The van der Waals surface area contributed by atoms with Gasteiger partial charge in [-0.2, -0.15) is 0 Å². The van der Waals surface area contributed by atoms with Gasteiger partial charge in [-0.15, -0.1) is 0 Å². The predicted octanol–water partition coefficient (Wildman–Crippen LogP) is 3.64. The number of carbonyl (C=O) groups is 1. The molecule has 7 nitrogen and oxygen atoms in total. The summed E-state index contributed by atoms with van der Waals surface area (Å²) in [6, 6.07) is 18.7. The molecule has 0 fully saturated rings. The molecular formula is C22H19N5O2. The minimum Gasteiger partial charge on any atom is -0.436 e. The molecule has 144 valence electrons. The molecule has 2 heterocycles. The lowest BCUT2D eigenvalue weighted by Crippen LogP contribution is -2.29. The monoisotopic (exact) mass is 385 g/mol. The SMILES string of the molecule is O=C(NCCNc1ncccn1)c1ccccc1-c1ncc(-c2ccccc2)o1. The molecule has 0 spiro atoms. The molecule has 2 aromatic heterocycles. The highest BCUT2D eigenvalue weighted by Gasteiger charge is 2.16. The fourth-order valence-electron chi connectivity index (χ4n) is 2.84. The van der Waals surface area contributed by atoms with Gasteiger partial charge in [-0.05, 0) is 18.2 Å². The van der Waals surface area contributed by atoms with Gasteiger partial charge in [0.05, 0.1) is 11.8 Å². The highest BCUT2D eigenvalue weighted by molar-refractivity contribution is 6.00. The number of carbonyl (C=O) groups excluding carboxylic acids is 1. The minimum absolute atomic E-state index is 0.198. The normalized spacial score (nSPS) is 10.5. The van der Waals surface area contributed by atoms with E-state index in [9.17, 15) is 4.79 Å². The van der Waals surface area contributed by atoms with Crippen LogP contribution in [-0.4, -0.2) is 33.9 Å². The van der Waals surface area contributed by atoms with Crippen LogP contribution < -0.4 is 10.6 Å². The highest BCUT2D eigenvalue weighted by atomic mass is 16.4. The van der Waals surface area contributed by atoms with E-state index in [-0.39, 0.29) is 5.91 Å². The number of hydrogen-bond acceptors (Lipinski definition) is 6. The van der Waals surface area contributed by atoms with Gasteiger partial charge in [-0.25, -0.2) is 15.0 Å². The third-order valence-electron chi connectivity index (χ3n) is 4.23. The number of benzene rings is 2. The van der Waals surface area contributed by atoms with E-state index >= 15 is 0 Å². The standard InChI is InChI=1S/C22H19N5O2/c28-20(23-13-14-26-22-24-11-6-12-25-22)17-9-4-5-10-18(17)21-27-15-19(29-21)16-7-2-1-3-8-16/h1-12,15H,13-14H2,(H,23,28)(H,24,25,26). The summed E-state index contributed by atoms with van der Waals surface area (Å²) < 4.78 is 5.91. The molecule has 0 unspecified atom stereocenters. The molecule has 0 aliphatic carbocycles. The molecule has 0 radical (unpaired) electrons. The summed E-state index contributed by atoms with van der Waals surface area (Å²) >= 11 is 0. The Balaban J connectivity index is 1.44. The fraction of sp³-hybridized carbons (Fsp3) is 0.0909. The topological polar surface area (TPSA) is 92.9 Å². The van der Waals surface area contributed by atoms with Crippen LogP contribution in [0.1, 0.15) is 10.4 Å². The molecule has 0 bridgehead atoms. The van der Waals surface area contributed by atoms with Gasteiger partial charge in [-0.3, -0.25) is 4.79 Å². The second-order valence-corrected chi connectivity index (χ2v) is 6.20. The van der Waals surface area contributed by atoms with Crippen molar-refractivity contribution in [3.8, 4) is 22.8 Å². The lowest BCUT2D eigenvalue weighted by Gasteiger charge is -2.09. The van der Waals surface area contributed by atoms with Crippen LogP contribution in [0.2, 0.25) is 0 Å². The maximum absolute atomic E-state index is 12.7. The van der Waals surface area contributed by atoms with Crippen molar-refractivity contribution >= 4 is 11.9 Å². The zero-order chi connectivity index (χ0) is 19.9. The van der Waals surface area contributed by atoms with Crippen molar-refractivity contribution in [2.45, 2.75) is 0 Å². The van der Waals surface area contributed by atoms with Crippen LogP contribution in [0.15, 0.2) is 83.7 Å². The lowest BCUT2D eigenvalue weighted by atomic mass is 10.1. The van der Waals surface area contributed by atoms with Gasteiger partial charge >= 0.3 is 0 Å². The van der Waals surface area contributed by atoms with Crippen molar-refractivity contribution in [3.63, 3.8) is 0 Å². The lowest BCUT2D eigenvalue weighted by molar-refractivity contribution is 0.0955. The van der Waals surface area contributed by atoms with E-state index in [1.165, 1.54) is 0 Å². The van der Waals surface area contributed by atoms with Crippen molar-refractivity contribution in [2.24, 2.45) is 0 Å². The van der Waals surface area contributed by atoms with Crippen LogP contribution in [0, 0.1) is 0 Å². The van der Waals surface area contributed by atoms with E-state index in [2.05, 4.69) is 25.6 Å². The molecule has 0 saturated heterocycles. The predicted molar refractivity (Wildman–Crippen MR) is 110 cm³/mol. The number of anilines is 1. The maximum atomic E-state index is 12.7. The third kappa shape index (κ3) is 4.47. The number of nitrogens with zero attached hydrogens (tertiary/aromatic N) is 3. The van der Waals surface area contributed by atoms with Crippen LogP contribution in [0.25, 0.3) is 22.8 Å². The summed E-state index contributed by atoms with van der Waals surface area (Å²) in [7, 11) is 0. The van der Waals surface area contributed by atoms with Crippen LogP contribution >= 0.6 is 0 Å². The Morgan fingerprint density at radius 1 is 0.862 bits per heavy atom. The number of rotatable bonds is 7. The molecule has 7 heteroatoms. The molecule has 1 amide bonds. The molecule has 0 atom stereocenters. The Labute approximate surface area is 167 Å². The molecular weight excluding hydrogens is 366 g/mol. The van der Waals surface area contributed by atoms with Gasteiger partial charge in [-0.1, -0.05) is 42.5 Å². The summed E-state index contributed by atoms with van der Waals surface area (Å²) in [6.45, 7) is 0.932. The Morgan fingerprint density at radius 3 is 2.45 bits per heavy atom. The Morgan fingerprint density at radius 2 is 1.62 bits per heavy atom. The maximum Gasteiger partial charge on any atom is 0.252 e. The average molecular weight is 385 g/mol. The van der Waals surface area contributed by atoms with Gasteiger partial charge < -0.3 is 15.1 Å². The largest absolute Gasteiger partial charge is 0.436 e. The van der Waals surface area contributed by atoms with Gasteiger partial charge in [0, 0.05) is 36.6 Å². The zero-order valence-corrected chi connectivity index (χ0v) is 15.6. The van der Waals surface area contributed by atoms with Gasteiger partial charge in [0.25, 0.3) is 5.91 Å². The first-order valence-electron chi connectivity index (χ1n) is 9.21. The van der Waals surface area contributed by atoms with Gasteiger partial charge in [0.1, 0.15) is 0 Å². The van der Waals surface area contributed by atoms with E-state index in [1.54, 1.807) is 30.7 Å². The fourth-order valence-corrected chi connectivity index (χ4v) is 2.84. The van der Waals surface area contributed by atoms with E-state index in [1.807, 2.05) is 48.5 Å². The molecule has 0 aliphatic rings. The summed E-state index contributed by atoms with van der Waals surface area (Å²) in [6.07, 6.45) is 4.98. The van der Waals surface area contributed by atoms with Crippen LogP contribution in [0.4, 0.5) is 5.95 Å². The average Bonchev–Trinajstić information content (AvgIpc) is 3.28. The smallest absolute Gasteiger partial charge is 0.252 e. The summed E-state index contributed by atoms with van der Waals surface area (Å²) in [5, 5.41) is 5.94. The minimum atomic E-state index is -0.198. The number of hydrogen-bond donors (Lipinski definition) is 2. The molecule has 2 aromatic carbocycles. The molecule has 4 rings (SSSR count). The number of aromatic nitrogens is 3. The summed E-state index contributed by atoms with van der Waals surface area (Å²) in [5.74, 6) is 1.39. The van der Waals surface area contributed by atoms with Crippen LogP contribution in [0.5, 0.6) is 0 Å². The van der Waals surface area contributed by atoms with E-state index < -0.39 is 0 Å². The van der Waals surface area contributed by atoms with Crippen molar-refractivity contribution < 1.29 is 9.21 Å².